The van der Waals surface area contributed by atoms with Crippen LogP contribution < -0.4 is 5.73 Å². The molecule has 1 aliphatic rings. The molecule has 1 unspecified atom stereocenters. The fraction of sp³-hybridized carbons (Fsp3) is 1.00. The van der Waals surface area contributed by atoms with E-state index in [0.29, 0.717) is 6.04 Å². The second kappa shape index (κ2) is 9.73. The van der Waals surface area contributed by atoms with Gasteiger partial charge in [-0.1, -0.05) is 39.0 Å². The molecule has 19 heavy (non-hydrogen) atoms. The molecule has 1 saturated heterocycles. The maximum absolute atomic E-state index is 6.00. The Morgan fingerprint density at radius 2 is 1.79 bits per heavy atom. The van der Waals surface area contributed by atoms with E-state index in [4.69, 9.17) is 5.73 Å². The Morgan fingerprint density at radius 3 is 2.37 bits per heavy atom. The van der Waals surface area contributed by atoms with Crippen LogP contribution in [-0.4, -0.2) is 55.6 Å². The van der Waals surface area contributed by atoms with Gasteiger partial charge in [0.2, 0.25) is 0 Å². The highest BCUT2D eigenvalue weighted by Crippen LogP contribution is 2.19. The minimum Gasteiger partial charge on any atom is -0.329 e. The third-order valence-electron chi connectivity index (χ3n) is 4.75. The summed E-state index contributed by atoms with van der Waals surface area (Å²) in [4.78, 5) is 5.01. The summed E-state index contributed by atoms with van der Waals surface area (Å²) in [5.41, 5.74) is 6.00. The van der Waals surface area contributed by atoms with Crippen molar-refractivity contribution < 1.29 is 0 Å². The van der Waals surface area contributed by atoms with E-state index in [1.54, 1.807) is 0 Å². The summed E-state index contributed by atoms with van der Waals surface area (Å²) in [6.45, 7) is 5.57. The molecule has 0 aromatic carbocycles. The molecule has 1 atom stereocenters. The van der Waals surface area contributed by atoms with Crippen LogP contribution in [0.25, 0.3) is 0 Å². The van der Waals surface area contributed by atoms with Crippen molar-refractivity contribution in [3.05, 3.63) is 0 Å². The van der Waals surface area contributed by atoms with Crippen LogP contribution in [-0.2, 0) is 0 Å². The Labute approximate surface area is 120 Å². The Balaban J connectivity index is 2.24. The molecular weight excluding hydrogens is 234 g/mol. The summed E-state index contributed by atoms with van der Waals surface area (Å²) in [5.74, 6) is 0. The molecule has 0 amide bonds. The van der Waals surface area contributed by atoms with Gasteiger partial charge in [0.15, 0.2) is 0 Å². The number of likely N-dealkylation sites (N-methyl/N-ethyl adjacent to an activating group) is 1. The van der Waals surface area contributed by atoms with Gasteiger partial charge < -0.3 is 10.6 Å². The molecule has 0 aromatic heterocycles. The Morgan fingerprint density at radius 1 is 1.16 bits per heavy atom. The summed E-state index contributed by atoms with van der Waals surface area (Å²) >= 11 is 0. The van der Waals surface area contributed by atoms with Crippen molar-refractivity contribution in [1.29, 1.82) is 0 Å². The van der Waals surface area contributed by atoms with Gasteiger partial charge >= 0.3 is 0 Å². The lowest BCUT2D eigenvalue weighted by molar-refractivity contribution is 0.104. The standard InChI is InChI=1S/C16H35N3/c1-4-5-6-7-8-9-16(14-17)19(3)15-10-12-18(2)13-11-15/h15-16H,4-14,17H2,1-3H3. The zero-order valence-electron chi connectivity index (χ0n) is 13.4. The fourth-order valence-electron chi connectivity index (χ4n) is 3.17. The Kier molecular flexibility index (Phi) is 8.67. The van der Waals surface area contributed by atoms with Crippen LogP contribution in [0.2, 0.25) is 0 Å². The van der Waals surface area contributed by atoms with Gasteiger partial charge in [-0.25, -0.2) is 0 Å². The van der Waals surface area contributed by atoms with Crippen molar-refractivity contribution in [1.82, 2.24) is 9.80 Å². The number of rotatable bonds is 9. The fourth-order valence-corrected chi connectivity index (χ4v) is 3.17. The quantitative estimate of drug-likeness (QED) is 0.653. The molecule has 2 N–H and O–H groups in total. The molecule has 0 aromatic rings. The van der Waals surface area contributed by atoms with E-state index in [-0.39, 0.29) is 0 Å². The summed E-state index contributed by atoms with van der Waals surface area (Å²) < 4.78 is 0. The molecule has 1 aliphatic heterocycles. The molecule has 1 rings (SSSR count). The van der Waals surface area contributed by atoms with Crippen LogP contribution in [0.4, 0.5) is 0 Å². The van der Waals surface area contributed by atoms with Crippen molar-refractivity contribution >= 4 is 0 Å². The molecule has 0 radical (unpaired) electrons. The second-order valence-electron chi connectivity index (χ2n) is 6.29. The first-order valence-electron chi connectivity index (χ1n) is 8.29. The van der Waals surface area contributed by atoms with E-state index in [1.165, 1.54) is 64.5 Å². The highest BCUT2D eigenvalue weighted by Gasteiger charge is 2.24. The van der Waals surface area contributed by atoms with Crippen molar-refractivity contribution in [2.45, 2.75) is 70.4 Å². The number of nitrogens with zero attached hydrogens (tertiary/aromatic N) is 2. The van der Waals surface area contributed by atoms with Gasteiger partial charge in [0.05, 0.1) is 0 Å². The van der Waals surface area contributed by atoms with Gasteiger partial charge in [0.25, 0.3) is 0 Å². The number of nitrogens with two attached hydrogens (primary N) is 1. The van der Waals surface area contributed by atoms with Crippen LogP contribution >= 0.6 is 0 Å². The first-order chi connectivity index (χ1) is 9.19. The molecule has 3 nitrogen and oxygen atoms in total. The molecule has 0 saturated carbocycles. The molecule has 1 heterocycles. The molecule has 0 bridgehead atoms. The predicted molar refractivity (Wildman–Crippen MR) is 84.5 cm³/mol. The lowest BCUT2D eigenvalue weighted by atomic mass is 9.99. The first kappa shape index (κ1) is 16.9. The van der Waals surface area contributed by atoms with Crippen molar-refractivity contribution in [2.75, 3.05) is 33.7 Å². The summed E-state index contributed by atoms with van der Waals surface area (Å²) in [7, 11) is 4.52. The van der Waals surface area contributed by atoms with E-state index in [1.807, 2.05) is 0 Å². The Bertz CT molecular complexity index is 212. The molecular formula is C16H35N3. The number of hydrogen-bond donors (Lipinski definition) is 1. The minimum atomic E-state index is 0.593. The lowest BCUT2D eigenvalue weighted by Crippen LogP contribution is -2.48. The predicted octanol–water partition coefficient (Wildman–Crippen LogP) is 2.70. The maximum Gasteiger partial charge on any atom is 0.0218 e. The number of piperidine rings is 1. The van der Waals surface area contributed by atoms with Gasteiger partial charge in [-0.3, -0.25) is 4.90 Å². The molecule has 114 valence electrons. The Hall–Kier alpha value is -0.120. The highest BCUT2D eigenvalue weighted by atomic mass is 15.2. The molecule has 3 heteroatoms. The zero-order chi connectivity index (χ0) is 14.1. The van der Waals surface area contributed by atoms with Gasteiger partial charge in [-0.2, -0.15) is 0 Å². The van der Waals surface area contributed by atoms with Gasteiger partial charge in [-0.05, 0) is 46.4 Å². The van der Waals surface area contributed by atoms with Crippen molar-refractivity contribution in [3.8, 4) is 0 Å². The monoisotopic (exact) mass is 269 g/mol. The third-order valence-corrected chi connectivity index (χ3v) is 4.75. The zero-order valence-corrected chi connectivity index (χ0v) is 13.4. The summed E-state index contributed by atoms with van der Waals surface area (Å²) in [5, 5.41) is 0. The van der Waals surface area contributed by atoms with E-state index >= 15 is 0 Å². The van der Waals surface area contributed by atoms with Crippen molar-refractivity contribution in [3.63, 3.8) is 0 Å². The molecule has 0 aliphatic carbocycles. The SMILES string of the molecule is CCCCCCCC(CN)N(C)C1CCN(C)CC1. The smallest absolute Gasteiger partial charge is 0.0218 e. The summed E-state index contributed by atoms with van der Waals surface area (Å²) in [6, 6.07) is 1.34. The van der Waals surface area contributed by atoms with Gasteiger partial charge in [-0.15, -0.1) is 0 Å². The first-order valence-corrected chi connectivity index (χ1v) is 8.29. The van der Waals surface area contributed by atoms with E-state index in [0.717, 1.165) is 12.6 Å². The van der Waals surface area contributed by atoms with Gasteiger partial charge in [0.1, 0.15) is 0 Å². The molecule has 1 fully saturated rings. The van der Waals surface area contributed by atoms with Gasteiger partial charge in [0, 0.05) is 18.6 Å². The molecule has 0 spiro atoms. The number of hydrogen-bond acceptors (Lipinski definition) is 3. The number of likely N-dealkylation sites (tertiary alicyclic amines) is 1. The van der Waals surface area contributed by atoms with E-state index in [2.05, 4.69) is 30.8 Å². The number of unbranched alkanes of at least 4 members (excludes halogenated alkanes) is 4. The van der Waals surface area contributed by atoms with Crippen LogP contribution in [0.3, 0.4) is 0 Å². The van der Waals surface area contributed by atoms with E-state index in [9.17, 15) is 0 Å². The lowest BCUT2D eigenvalue weighted by Gasteiger charge is -2.39. The van der Waals surface area contributed by atoms with Crippen LogP contribution in [0.1, 0.15) is 58.3 Å². The van der Waals surface area contributed by atoms with E-state index < -0.39 is 0 Å². The summed E-state index contributed by atoms with van der Waals surface area (Å²) in [6.07, 6.45) is 10.7. The van der Waals surface area contributed by atoms with Crippen molar-refractivity contribution in [2.24, 2.45) is 5.73 Å². The average molecular weight is 269 g/mol. The second-order valence-corrected chi connectivity index (χ2v) is 6.29. The maximum atomic E-state index is 6.00. The highest BCUT2D eigenvalue weighted by molar-refractivity contribution is 4.81. The van der Waals surface area contributed by atoms with Crippen LogP contribution in [0, 0.1) is 0 Å². The largest absolute Gasteiger partial charge is 0.329 e. The normalized spacial score (nSPS) is 20.1. The third kappa shape index (κ3) is 6.24. The minimum absolute atomic E-state index is 0.593. The topological polar surface area (TPSA) is 32.5 Å². The van der Waals surface area contributed by atoms with Crippen LogP contribution in [0.5, 0.6) is 0 Å². The average Bonchev–Trinajstić information content (AvgIpc) is 2.43. The van der Waals surface area contributed by atoms with Crippen LogP contribution in [0.15, 0.2) is 0 Å².